The van der Waals surface area contributed by atoms with Crippen LogP contribution >= 0.6 is 0 Å². The van der Waals surface area contributed by atoms with E-state index in [1.165, 1.54) is 12.1 Å². The van der Waals surface area contributed by atoms with Gasteiger partial charge in [0.25, 0.3) is 0 Å². The Morgan fingerprint density at radius 2 is 1.80 bits per heavy atom. The first kappa shape index (κ1) is 22.3. The molecule has 8 heteroatoms. The normalized spacial score (nSPS) is 12.1. The lowest BCUT2D eigenvalue weighted by Gasteiger charge is -2.19. The Bertz CT molecular complexity index is 1670. The van der Waals surface area contributed by atoms with Crippen LogP contribution in [0.3, 0.4) is 0 Å². The van der Waals surface area contributed by atoms with Crippen molar-refractivity contribution in [3.05, 3.63) is 104 Å². The summed E-state index contributed by atoms with van der Waals surface area (Å²) in [6.07, 6.45) is -0.647. The van der Waals surface area contributed by atoms with Crippen LogP contribution in [-0.2, 0) is 0 Å². The third-order valence-corrected chi connectivity index (χ3v) is 5.82. The molecule has 0 bridgehead atoms. The summed E-state index contributed by atoms with van der Waals surface area (Å²) in [6.45, 7) is 5.40. The zero-order valence-electron chi connectivity index (χ0n) is 19.2. The molecule has 0 saturated carbocycles. The number of benzene rings is 3. The fourth-order valence-electron chi connectivity index (χ4n) is 4.16. The van der Waals surface area contributed by atoms with E-state index in [4.69, 9.17) is 9.15 Å². The van der Waals surface area contributed by atoms with E-state index in [-0.39, 0.29) is 22.6 Å². The summed E-state index contributed by atoms with van der Waals surface area (Å²) in [6, 6.07) is 17.3. The molecular weight excluding hydrogens is 451 g/mol. The third-order valence-electron chi connectivity index (χ3n) is 5.82. The summed E-state index contributed by atoms with van der Waals surface area (Å²) in [5.41, 5.74) is 2.99. The largest absolute Gasteiger partial charge is 0.485 e. The molecule has 0 unspecified atom stereocenters. The van der Waals surface area contributed by atoms with Crippen molar-refractivity contribution >= 4 is 11.0 Å². The van der Waals surface area contributed by atoms with Crippen LogP contribution in [-0.4, -0.2) is 10.1 Å². The highest BCUT2D eigenvalue weighted by Crippen LogP contribution is 2.36. The molecule has 5 aromatic rings. The maximum atomic E-state index is 14.7. The molecule has 0 aliphatic heterocycles. The number of rotatable bonds is 5. The molecule has 5 rings (SSSR count). The van der Waals surface area contributed by atoms with E-state index < -0.39 is 17.7 Å². The Morgan fingerprint density at radius 3 is 2.51 bits per heavy atom. The lowest BCUT2D eigenvalue weighted by atomic mass is 10.00. The maximum Gasteiger partial charge on any atom is 0.439 e. The molecule has 2 aromatic heterocycles. The van der Waals surface area contributed by atoms with Crippen LogP contribution in [0.4, 0.5) is 4.39 Å². The summed E-state index contributed by atoms with van der Waals surface area (Å²) in [7, 11) is 0. The maximum absolute atomic E-state index is 14.7. The van der Waals surface area contributed by atoms with Crippen molar-refractivity contribution in [2.24, 2.45) is 0 Å². The van der Waals surface area contributed by atoms with Gasteiger partial charge in [0.05, 0.1) is 10.9 Å². The molecule has 0 saturated heterocycles. The first-order valence-corrected chi connectivity index (χ1v) is 11.0. The minimum Gasteiger partial charge on any atom is -0.485 e. The number of fused-ring (bicyclic) bond motifs is 1. The van der Waals surface area contributed by atoms with Gasteiger partial charge < -0.3 is 9.15 Å². The zero-order valence-corrected chi connectivity index (χ0v) is 19.2. The molecule has 0 spiro atoms. The molecule has 0 fully saturated rings. The summed E-state index contributed by atoms with van der Waals surface area (Å²) in [5.74, 6) is -0.904. The number of hydrogen-bond donors (Lipinski definition) is 1. The predicted octanol–water partition coefficient (Wildman–Crippen LogP) is 5.70. The molecule has 3 aromatic carbocycles. The fourth-order valence-corrected chi connectivity index (χ4v) is 4.16. The van der Waals surface area contributed by atoms with E-state index in [9.17, 15) is 14.0 Å². The molecular formula is C27H21FN2O5. The first-order valence-electron chi connectivity index (χ1n) is 11.0. The Morgan fingerprint density at radius 1 is 1.03 bits per heavy atom. The summed E-state index contributed by atoms with van der Waals surface area (Å²) in [5, 5.41) is 4.03. The van der Waals surface area contributed by atoms with Crippen molar-refractivity contribution < 1.29 is 18.1 Å². The van der Waals surface area contributed by atoms with Crippen molar-refractivity contribution in [2.45, 2.75) is 26.9 Å². The quantitative estimate of drug-likeness (QED) is 0.352. The molecule has 1 N–H and O–H groups in total. The second-order valence-electron chi connectivity index (χ2n) is 8.30. The summed E-state index contributed by atoms with van der Waals surface area (Å²) in [4.78, 5) is 27.1. The average Bonchev–Trinajstić information content (AvgIpc) is 3.27. The monoisotopic (exact) mass is 472 g/mol. The summed E-state index contributed by atoms with van der Waals surface area (Å²) >= 11 is 0. The number of halogens is 1. The van der Waals surface area contributed by atoms with E-state index in [1.807, 2.05) is 43.3 Å². The van der Waals surface area contributed by atoms with Gasteiger partial charge in [-0.25, -0.2) is 9.18 Å². The summed E-state index contributed by atoms with van der Waals surface area (Å²) < 4.78 is 31.7. The van der Waals surface area contributed by atoms with Gasteiger partial charge in [0, 0.05) is 16.7 Å². The minimum absolute atomic E-state index is 0.0376. The second kappa shape index (κ2) is 8.72. The molecule has 35 heavy (non-hydrogen) atoms. The Balaban J connectivity index is 1.66. The number of H-pyrrole nitrogens is 1. The van der Waals surface area contributed by atoms with Gasteiger partial charge in [-0.2, -0.15) is 0 Å². The SMILES string of the molecule is Cc1cc([C@@H](C)Oc2cccc(F)c2-c2noc(=O)[nH]2)c2oc(-c3ccccc3)c(C)c(=O)c2c1. The van der Waals surface area contributed by atoms with E-state index >= 15 is 0 Å². The molecule has 0 aliphatic rings. The molecule has 7 nitrogen and oxygen atoms in total. The number of nitrogens with zero attached hydrogens (tertiary/aromatic N) is 1. The fraction of sp³-hybridized carbons (Fsp3) is 0.148. The number of ether oxygens (including phenoxy) is 1. The number of aromatic nitrogens is 2. The number of aromatic amines is 1. The molecule has 0 amide bonds. The molecule has 1 atom stereocenters. The smallest absolute Gasteiger partial charge is 0.439 e. The molecule has 0 aliphatic carbocycles. The topological polar surface area (TPSA) is 98.3 Å². The van der Waals surface area contributed by atoms with Gasteiger partial charge in [0.15, 0.2) is 11.3 Å². The van der Waals surface area contributed by atoms with Crippen LogP contribution in [0.25, 0.3) is 33.7 Å². The molecule has 2 heterocycles. The lowest BCUT2D eigenvalue weighted by Crippen LogP contribution is -2.11. The van der Waals surface area contributed by atoms with Gasteiger partial charge in [0.2, 0.25) is 0 Å². The number of aryl methyl sites for hydroxylation is 1. The van der Waals surface area contributed by atoms with Crippen LogP contribution in [0.15, 0.2) is 79.2 Å². The molecule has 0 radical (unpaired) electrons. The first-order chi connectivity index (χ1) is 16.8. The number of nitrogens with one attached hydrogen (secondary N) is 1. The van der Waals surface area contributed by atoms with Crippen molar-refractivity contribution in [3.8, 4) is 28.5 Å². The van der Waals surface area contributed by atoms with Gasteiger partial charge in [0.1, 0.15) is 29.0 Å². The standard InChI is InChI=1S/C27H21FN2O5/c1-14-12-18(16(3)33-21-11-7-10-20(28)22(21)26-29-27(32)35-30-26)25-19(13-14)23(31)15(2)24(34-25)17-8-5-4-6-9-17/h4-13,16H,1-3H3,(H,29,30,32)/t16-/m1/s1. The average molecular weight is 472 g/mol. The highest BCUT2D eigenvalue weighted by molar-refractivity contribution is 5.84. The Hall–Kier alpha value is -4.46. The van der Waals surface area contributed by atoms with E-state index in [1.54, 1.807) is 26.0 Å². The van der Waals surface area contributed by atoms with Gasteiger partial charge >= 0.3 is 5.76 Å². The van der Waals surface area contributed by atoms with Gasteiger partial charge in [-0.05, 0) is 50.6 Å². The van der Waals surface area contributed by atoms with E-state index in [0.717, 1.165) is 11.1 Å². The van der Waals surface area contributed by atoms with E-state index in [0.29, 0.717) is 27.9 Å². The van der Waals surface area contributed by atoms with Crippen LogP contribution in [0.1, 0.15) is 29.7 Å². The van der Waals surface area contributed by atoms with Crippen molar-refractivity contribution in [3.63, 3.8) is 0 Å². The van der Waals surface area contributed by atoms with Crippen molar-refractivity contribution in [1.82, 2.24) is 10.1 Å². The van der Waals surface area contributed by atoms with Crippen molar-refractivity contribution in [2.75, 3.05) is 0 Å². The Kier molecular flexibility index (Phi) is 5.56. The van der Waals surface area contributed by atoms with Crippen molar-refractivity contribution in [1.29, 1.82) is 0 Å². The van der Waals surface area contributed by atoms with Gasteiger partial charge in [-0.3, -0.25) is 14.3 Å². The number of hydrogen-bond acceptors (Lipinski definition) is 6. The lowest BCUT2D eigenvalue weighted by molar-refractivity contribution is 0.227. The van der Waals surface area contributed by atoms with Crippen LogP contribution in [0.5, 0.6) is 5.75 Å². The van der Waals surface area contributed by atoms with E-state index in [2.05, 4.69) is 14.7 Å². The second-order valence-corrected chi connectivity index (χ2v) is 8.30. The predicted molar refractivity (Wildman–Crippen MR) is 129 cm³/mol. The minimum atomic E-state index is -0.808. The van der Waals surface area contributed by atoms with Crippen LogP contribution in [0, 0.1) is 19.7 Å². The Labute approximate surface area is 198 Å². The zero-order chi connectivity index (χ0) is 24.7. The highest BCUT2D eigenvalue weighted by atomic mass is 19.1. The molecule has 176 valence electrons. The van der Waals surface area contributed by atoms with Gasteiger partial charge in [-0.1, -0.05) is 41.6 Å². The van der Waals surface area contributed by atoms with Crippen LogP contribution < -0.4 is 15.9 Å². The highest BCUT2D eigenvalue weighted by Gasteiger charge is 2.23. The van der Waals surface area contributed by atoms with Crippen LogP contribution in [0.2, 0.25) is 0 Å². The van der Waals surface area contributed by atoms with Gasteiger partial charge in [-0.15, -0.1) is 0 Å². The third kappa shape index (κ3) is 4.03.